The lowest BCUT2D eigenvalue weighted by molar-refractivity contribution is 0.594. The number of rotatable bonds is 3. The summed E-state index contributed by atoms with van der Waals surface area (Å²) >= 11 is 0. The fraction of sp³-hybridized carbons (Fsp3) is 0.500. The predicted octanol–water partition coefficient (Wildman–Crippen LogP) is 3.05. The van der Waals surface area contributed by atoms with E-state index in [1.54, 1.807) is 19.2 Å². The molecule has 1 fully saturated rings. The molecule has 2 rings (SSSR count). The highest BCUT2D eigenvalue weighted by Crippen LogP contribution is 2.17. The van der Waals surface area contributed by atoms with Crippen LogP contribution < -0.4 is 10.6 Å². The molecule has 2 N–H and O–H groups in total. The van der Waals surface area contributed by atoms with Crippen molar-refractivity contribution in [2.24, 2.45) is 4.99 Å². The van der Waals surface area contributed by atoms with Crippen molar-refractivity contribution in [2.75, 3.05) is 7.05 Å². The van der Waals surface area contributed by atoms with E-state index in [4.69, 9.17) is 0 Å². The molecule has 1 aromatic carbocycles. The zero-order valence-corrected chi connectivity index (χ0v) is 13.5. The molecule has 0 bridgehead atoms. The molecule has 0 atom stereocenters. The molecule has 0 heterocycles. The van der Waals surface area contributed by atoms with Crippen molar-refractivity contribution in [1.29, 1.82) is 0 Å². The Morgan fingerprint density at radius 3 is 2.63 bits per heavy atom. The lowest BCUT2D eigenvalue weighted by atomic mass is 10.2. The maximum atomic E-state index is 13.4. The molecule has 1 aliphatic rings. The van der Waals surface area contributed by atoms with Crippen LogP contribution in [0.5, 0.6) is 0 Å². The molecule has 3 nitrogen and oxygen atoms in total. The van der Waals surface area contributed by atoms with Gasteiger partial charge in [-0.25, -0.2) is 4.39 Å². The van der Waals surface area contributed by atoms with Gasteiger partial charge in [0.1, 0.15) is 5.82 Å². The van der Waals surface area contributed by atoms with E-state index in [1.165, 1.54) is 31.7 Å². The Hall–Kier alpha value is -0.850. The number of nitrogens with zero attached hydrogens (tertiary/aromatic N) is 1. The summed E-state index contributed by atoms with van der Waals surface area (Å²) < 4.78 is 13.4. The van der Waals surface area contributed by atoms with E-state index in [1.807, 2.05) is 6.07 Å². The second-order valence-corrected chi connectivity index (χ2v) is 4.64. The Labute approximate surface area is 131 Å². The smallest absolute Gasteiger partial charge is 0.191 e. The highest BCUT2D eigenvalue weighted by Gasteiger charge is 2.15. The maximum absolute atomic E-state index is 13.4. The van der Waals surface area contributed by atoms with Gasteiger partial charge in [-0.1, -0.05) is 31.0 Å². The molecule has 0 saturated heterocycles. The average Bonchev–Trinajstić information content (AvgIpc) is 2.89. The molecule has 0 unspecified atom stereocenters. The Morgan fingerprint density at radius 2 is 2.00 bits per heavy atom. The minimum atomic E-state index is -0.179. The minimum Gasteiger partial charge on any atom is -0.354 e. The van der Waals surface area contributed by atoms with Gasteiger partial charge in [-0.15, -0.1) is 24.0 Å². The van der Waals surface area contributed by atoms with Gasteiger partial charge in [0, 0.05) is 25.2 Å². The topological polar surface area (TPSA) is 36.4 Å². The van der Waals surface area contributed by atoms with Gasteiger partial charge in [0.15, 0.2) is 5.96 Å². The molecule has 5 heteroatoms. The van der Waals surface area contributed by atoms with E-state index in [-0.39, 0.29) is 29.8 Å². The van der Waals surface area contributed by atoms with Crippen LogP contribution in [-0.2, 0) is 6.54 Å². The zero-order chi connectivity index (χ0) is 12.8. The fourth-order valence-corrected chi connectivity index (χ4v) is 2.28. The summed E-state index contributed by atoms with van der Waals surface area (Å²) in [5, 5.41) is 6.52. The summed E-state index contributed by atoms with van der Waals surface area (Å²) in [6, 6.07) is 7.31. The van der Waals surface area contributed by atoms with Gasteiger partial charge in [-0.2, -0.15) is 0 Å². The largest absolute Gasteiger partial charge is 0.354 e. The molecule has 1 aliphatic carbocycles. The van der Waals surface area contributed by atoms with Gasteiger partial charge in [0.25, 0.3) is 0 Å². The summed E-state index contributed by atoms with van der Waals surface area (Å²) in [7, 11) is 1.74. The Morgan fingerprint density at radius 1 is 1.32 bits per heavy atom. The molecular weight excluding hydrogens is 356 g/mol. The van der Waals surface area contributed by atoms with Gasteiger partial charge in [0.05, 0.1) is 0 Å². The maximum Gasteiger partial charge on any atom is 0.191 e. The Bertz CT molecular complexity index is 417. The number of hydrogen-bond acceptors (Lipinski definition) is 1. The first-order valence-corrected chi connectivity index (χ1v) is 6.50. The first-order valence-electron chi connectivity index (χ1n) is 6.50. The third-order valence-electron chi connectivity index (χ3n) is 3.32. The van der Waals surface area contributed by atoms with E-state index in [0.29, 0.717) is 18.2 Å². The monoisotopic (exact) mass is 377 g/mol. The van der Waals surface area contributed by atoms with Crippen molar-refractivity contribution < 1.29 is 4.39 Å². The Kier molecular flexibility index (Phi) is 7.12. The molecule has 19 heavy (non-hydrogen) atoms. The van der Waals surface area contributed by atoms with E-state index < -0.39 is 0 Å². The van der Waals surface area contributed by atoms with Crippen LogP contribution in [0, 0.1) is 5.82 Å². The number of halogens is 2. The predicted molar refractivity (Wildman–Crippen MR) is 87.4 cm³/mol. The van der Waals surface area contributed by atoms with Crippen LogP contribution in [-0.4, -0.2) is 19.0 Å². The quantitative estimate of drug-likeness (QED) is 0.483. The molecular formula is C14H21FIN3. The standard InChI is InChI=1S/C14H20FN3.HI/c1-16-14(18-12-7-3-4-8-12)17-10-11-6-2-5-9-13(11)15;/h2,5-6,9,12H,3-4,7-8,10H2,1H3,(H2,16,17,18);1H. The number of aliphatic imine (C=N–C) groups is 1. The van der Waals surface area contributed by atoms with Gasteiger partial charge in [-0.3, -0.25) is 4.99 Å². The molecule has 0 radical (unpaired) electrons. The van der Waals surface area contributed by atoms with Crippen LogP contribution in [0.15, 0.2) is 29.3 Å². The number of benzene rings is 1. The summed E-state index contributed by atoms with van der Waals surface area (Å²) in [5.41, 5.74) is 0.659. The van der Waals surface area contributed by atoms with Crippen molar-refractivity contribution in [2.45, 2.75) is 38.3 Å². The first-order chi connectivity index (χ1) is 8.79. The lowest BCUT2D eigenvalue weighted by Crippen LogP contribution is -2.42. The first kappa shape index (κ1) is 16.2. The van der Waals surface area contributed by atoms with Gasteiger partial charge < -0.3 is 10.6 Å². The van der Waals surface area contributed by atoms with E-state index in [9.17, 15) is 4.39 Å². The third kappa shape index (κ3) is 4.97. The van der Waals surface area contributed by atoms with Gasteiger partial charge in [-0.05, 0) is 18.9 Å². The normalized spacial score (nSPS) is 16.0. The van der Waals surface area contributed by atoms with Crippen LogP contribution in [0.25, 0.3) is 0 Å². The Balaban J connectivity index is 0.00000180. The third-order valence-corrected chi connectivity index (χ3v) is 3.32. The van der Waals surface area contributed by atoms with E-state index >= 15 is 0 Å². The number of hydrogen-bond donors (Lipinski definition) is 2. The molecule has 0 spiro atoms. The summed E-state index contributed by atoms with van der Waals surface area (Å²) in [4.78, 5) is 4.17. The summed E-state index contributed by atoms with van der Waals surface area (Å²) in [6.45, 7) is 0.457. The van der Waals surface area contributed by atoms with Gasteiger partial charge >= 0.3 is 0 Å². The molecule has 0 aromatic heterocycles. The van der Waals surface area contributed by atoms with Crippen molar-refractivity contribution in [3.05, 3.63) is 35.6 Å². The molecule has 0 aliphatic heterocycles. The van der Waals surface area contributed by atoms with E-state index in [2.05, 4.69) is 15.6 Å². The minimum absolute atomic E-state index is 0. The molecule has 106 valence electrons. The second kappa shape index (κ2) is 8.35. The van der Waals surface area contributed by atoms with Crippen LogP contribution >= 0.6 is 24.0 Å². The molecule has 1 saturated carbocycles. The summed E-state index contributed by atoms with van der Waals surface area (Å²) in [5.74, 6) is 0.575. The van der Waals surface area contributed by atoms with Crippen LogP contribution in [0.4, 0.5) is 4.39 Å². The van der Waals surface area contributed by atoms with Crippen molar-refractivity contribution in [1.82, 2.24) is 10.6 Å². The van der Waals surface area contributed by atoms with Gasteiger partial charge in [0.2, 0.25) is 0 Å². The van der Waals surface area contributed by atoms with E-state index in [0.717, 1.165) is 5.96 Å². The summed E-state index contributed by atoms with van der Waals surface area (Å²) in [6.07, 6.45) is 4.95. The highest BCUT2D eigenvalue weighted by atomic mass is 127. The molecule has 1 aromatic rings. The van der Waals surface area contributed by atoms with Crippen LogP contribution in [0.2, 0.25) is 0 Å². The number of guanidine groups is 1. The lowest BCUT2D eigenvalue weighted by Gasteiger charge is -2.17. The second-order valence-electron chi connectivity index (χ2n) is 4.64. The van der Waals surface area contributed by atoms with Crippen molar-refractivity contribution in [3.63, 3.8) is 0 Å². The molecule has 0 amide bonds. The average molecular weight is 377 g/mol. The fourth-order valence-electron chi connectivity index (χ4n) is 2.28. The van der Waals surface area contributed by atoms with Crippen LogP contribution in [0.3, 0.4) is 0 Å². The zero-order valence-electron chi connectivity index (χ0n) is 11.2. The highest BCUT2D eigenvalue weighted by molar-refractivity contribution is 14.0. The van der Waals surface area contributed by atoms with Crippen molar-refractivity contribution in [3.8, 4) is 0 Å². The number of nitrogens with one attached hydrogen (secondary N) is 2. The van der Waals surface area contributed by atoms with Crippen LogP contribution in [0.1, 0.15) is 31.2 Å². The van der Waals surface area contributed by atoms with Crippen molar-refractivity contribution >= 4 is 29.9 Å². The SMILES string of the molecule is CN=C(NCc1ccccc1F)NC1CCCC1.I.